The van der Waals surface area contributed by atoms with Crippen molar-refractivity contribution in [1.82, 2.24) is 0 Å². The average Bonchev–Trinajstić information content (AvgIpc) is 2.28. The number of hydrogen-bond donors (Lipinski definition) is 0. The van der Waals surface area contributed by atoms with Gasteiger partial charge in [-0.15, -0.1) is 6.58 Å². The molecule has 0 atom stereocenters. The number of benzene rings is 1. The van der Waals surface area contributed by atoms with Crippen molar-refractivity contribution in [3.05, 3.63) is 40.9 Å². The summed E-state index contributed by atoms with van der Waals surface area (Å²) in [4.78, 5) is 0. The van der Waals surface area contributed by atoms with Crippen LogP contribution in [0.4, 0.5) is 0 Å². The van der Waals surface area contributed by atoms with Crippen molar-refractivity contribution >= 4 is 15.9 Å². The molecule has 16 heavy (non-hydrogen) atoms. The number of hydrogen-bond acceptors (Lipinski definition) is 1. The van der Waals surface area contributed by atoms with E-state index in [1.807, 2.05) is 18.2 Å². The van der Waals surface area contributed by atoms with Gasteiger partial charge in [0.25, 0.3) is 0 Å². The maximum atomic E-state index is 5.68. The van der Waals surface area contributed by atoms with E-state index in [9.17, 15) is 0 Å². The first-order valence-corrected chi connectivity index (χ1v) is 6.53. The molecule has 0 saturated heterocycles. The minimum absolute atomic E-state index is 0.804. The third-order valence-electron chi connectivity index (χ3n) is 2.45. The monoisotopic (exact) mass is 282 g/mol. The lowest BCUT2D eigenvalue weighted by Gasteiger charge is -2.07. The SMILES string of the molecule is C=CCCCCCOc1ccc(Br)c(C)c1. The molecule has 0 unspecified atom stereocenters. The van der Waals surface area contributed by atoms with Crippen molar-refractivity contribution in [2.24, 2.45) is 0 Å². The first-order chi connectivity index (χ1) is 7.74. The fraction of sp³-hybridized carbons (Fsp3) is 0.429. The highest BCUT2D eigenvalue weighted by Crippen LogP contribution is 2.21. The number of allylic oxidation sites excluding steroid dienone is 1. The van der Waals surface area contributed by atoms with Gasteiger partial charge in [-0.1, -0.05) is 22.0 Å². The summed E-state index contributed by atoms with van der Waals surface area (Å²) >= 11 is 3.47. The Morgan fingerprint density at radius 3 is 2.81 bits per heavy atom. The number of aryl methyl sites for hydroxylation is 1. The molecule has 1 nitrogen and oxygen atoms in total. The second kappa shape index (κ2) is 7.50. The van der Waals surface area contributed by atoms with Gasteiger partial charge >= 0.3 is 0 Å². The molecule has 1 aromatic rings. The van der Waals surface area contributed by atoms with Crippen molar-refractivity contribution in [2.45, 2.75) is 32.6 Å². The van der Waals surface area contributed by atoms with E-state index >= 15 is 0 Å². The van der Waals surface area contributed by atoms with Gasteiger partial charge in [0.15, 0.2) is 0 Å². The van der Waals surface area contributed by atoms with Crippen molar-refractivity contribution in [3.63, 3.8) is 0 Å². The van der Waals surface area contributed by atoms with Crippen LogP contribution in [0, 0.1) is 6.92 Å². The summed E-state index contributed by atoms with van der Waals surface area (Å²) in [6.45, 7) is 6.58. The lowest BCUT2D eigenvalue weighted by atomic mass is 10.2. The molecule has 1 rings (SSSR count). The molecule has 0 aliphatic heterocycles. The Morgan fingerprint density at radius 2 is 2.12 bits per heavy atom. The molecule has 0 aromatic heterocycles. The van der Waals surface area contributed by atoms with Gasteiger partial charge in [-0.05, 0) is 56.4 Å². The maximum absolute atomic E-state index is 5.68. The summed E-state index contributed by atoms with van der Waals surface area (Å²) in [6, 6.07) is 6.09. The molecule has 0 amide bonds. The Morgan fingerprint density at radius 1 is 1.31 bits per heavy atom. The normalized spacial score (nSPS) is 10.1. The zero-order chi connectivity index (χ0) is 11.8. The van der Waals surface area contributed by atoms with E-state index < -0.39 is 0 Å². The second-order valence-electron chi connectivity index (χ2n) is 3.90. The Balaban J connectivity index is 2.21. The van der Waals surface area contributed by atoms with Crippen molar-refractivity contribution < 1.29 is 4.74 Å². The van der Waals surface area contributed by atoms with E-state index in [2.05, 4.69) is 35.5 Å². The molecular weight excluding hydrogens is 264 g/mol. The topological polar surface area (TPSA) is 9.23 Å². The highest BCUT2D eigenvalue weighted by molar-refractivity contribution is 9.10. The average molecular weight is 283 g/mol. The van der Waals surface area contributed by atoms with Crippen LogP contribution >= 0.6 is 15.9 Å². The van der Waals surface area contributed by atoms with Crippen molar-refractivity contribution in [3.8, 4) is 5.75 Å². The van der Waals surface area contributed by atoms with Crippen LogP contribution in [0.3, 0.4) is 0 Å². The second-order valence-corrected chi connectivity index (χ2v) is 4.75. The zero-order valence-corrected chi connectivity index (χ0v) is 11.4. The first kappa shape index (κ1) is 13.3. The largest absolute Gasteiger partial charge is 0.494 e. The molecular formula is C14H19BrO. The van der Waals surface area contributed by atoms with E-state index in [4.69, 9.17) is 4.74 Å². The lowest BCUT2D eigenvalue weighted by Crippen LogP contribution is -1.97. The molecule has 0 N–H and O–H groups in total. The minimum Gasteiger partial charge on any atom is -0.494 e. The van der Waals surface area contributed by atoms with Crippen LogP contribution < -0.4 is 4.74 Å². The quantitative estimate of drug-likeness (QED) is 0.511. The van der Waals surface area contributed by atoms with E-state index in [0.29, 0.717) is 0 Å². The Labute approximate surface area is 107 Å². The van der Waals surface area contributed by atoms with Crippen LogP contribution in [0.2, 0.25) is 0 Å². The summed E-state index contributed by atoms with van der Waals surface area (Å²) in [5, 5.41) is 0. The minimum atomic E-state index is 0.804. The summed E-state index contributed by atoms with van der Waals surface area (Å²) in [5.41, 5.74) is 1.21. The van der Waals surface area contributed by atoms with Gasteiger partial charge in [-0.25, -0.2) is 0 Å². The maximum Gasteiger partial charge on any atom is 0.119 e. The standard InChI is InChI=1S/C14H19BrO/c1-3-4-5-6-7-10-16-13-8-9-14(15)12(2)11-13/h3,8-9,11H,1,4-7,10H2,2H3. The lowest BCUT2D eigenvalue weighted by molar-refractivity contribution is 0.305. The summed E-state index contributed by atoms with van der Waals surface area (Å²) in [7, 11) is 0. The Bertz CT molecular complexity index is 334. The number of halogens is 1. The van der Waals surface area contributed by atoms with Gasteiger partial charge in [0.05, 0.1) is 6.61 Å². The summed E-state index contributed by atoms with van der Waals surface area (Å²) < 4.78 is 6.81. The molecule has 0 saturated carbocycles. The predicted octanol–water partition coefficient (Wildman–Crippen LogP) is 4.88. The molecule has 0 aliphatic carbocycles. The third-order valence-corrected chi connectivity index (χ3v) is 3.34. The smallest absolute Gasteiger partial charge is 0.119 e. The summed E-state index contributed by atoms with van der Waals surface area (Å²) in [5.74, 6) is 0.962. The van der Waals surface area contributed by atoms with Gasteiger partial charge in [-0.2, -0.15) is 0 Å². The fourth-order valence-electron chi connectivity index (χ4n) is 1.46. The molecule has 1 aromatic carbocycles. The molecule has 0 radical (unpaired) electrons. The van der Waals surface area contributed by atoms with Crippen LogP contribution in [0.15, 0.2) is 35.3 Å². The van der Waals surface area contributed by atoms with Crippen LogP contribution in [0.25, 0.3) is 0 Å². The zero-order valence-electron chi connectivity index (χ0n) is 9.84. The molecule has 0 aliphatic rings. The summed E-state index contributed by atoms with van der Waals surface area (Å²) in [6.07, 6.45) is 6.62. The molecule has 0 fully saturated rings. The highest BCUT2D eigenvalue weighted by atomic mass is 79.9. The van der Waals surface area contributed by atoms with Gasteiger partial charge < -0.3 is 4.74 Å². The number of ether oxygens (including phenoxy) is 1. The highest BCUT2D eigenvalue weighted by Gasteiger charge is 1.97. The Hall–Kier alpha value is -0.760. The predicted molar refractivity (Wildman–Crippen MR) is 73.0 cm³/mol. The number of unbranched alkanes of at least 4 members (excludes halogenated alkanes) is 3. The molecule has 2 heteroatoms. The van der Waals surface area contributed by atoms with Crippen LogP contribution in [-0.4, -0.2) is 6.61 Å². The van der Waals surface area contributed by atoms with E-state index in [-0.39, 0.29) is 0 Å². The van der Waals surface area contributed by atoms with Gasteiger partial charge in [-0.3, -0.25) is 0 Å². The van der Waals surface area contributed by atoms with Gasteiger partial charge in [0, 0.05) is 4.47 Å². The third kappa shape index (κ3) is 4.84. The fourth-order valence-corrected chi connectivity index (χ4v) is 1.71. The molecule has 0 heterocycles. The Kier molecular flexibility index (Phi) is 6.24. The molecule has 0 bridgehead atoms. The van der Waals surface area contributed by atoms with Crippen molar-refractivity contribution in [1.29, 1.82) is 0 Å². The van der Waals surface area contributed by atoms with Crippen LogP contribution in [0.5, 0.6) is 5.75 Å². The molecule has 88 valence electrons. The van der Waals surface area contributed by atoms with Crippen LogP contribution in [0.1, 0.15) is 31.2 Å². The number of rotatable bonds is 7. The van der Waals surface area contributed by atoms with Gasteiger partial charge in [0.1, 0.15) is 5.75 Å². The molecule has 0 spiro atoms. The van der Waals surface area contributed by atoms with Crippen LogP contribution in [-0.2, 0) is 0 Å². The van der Waals surface area contributed by atoms with E-state index in [0.717, 1.165) is 29.7 Å². The van der Waals surface area contributed by atoms with Crippen molar-refractivity contribution in [2.75, 3.05) is 6.61 Å². The first-order valence-electron chi connectivity index (χ1n) is 5.74. The van der Waals surface area contributed by atoms with Gasteiger partial charge in [0.2, 0.25) is 0 Å². The van der Waals surface area contributed by atoms with E-state index in [1.54, 1.807) is 0 Å². The van der Waals surface area contributed by atoms with E-state index in [1.165, 1.54) is 18.4 Å².